The lowest BCUT2D eigenvalue weighted by Gasteiger charge is -2.11. The van der Waals surface area contributed by atoms with Crippen molar-refractivity contribution in [2.24, 2.45) is 4.99 Å². The third-order valence-corrected chi connectivity index (χ3v) is 2.02. The van der Waals surface area contributed by atoms with Crippen LogP contribution in [0.2, 0.25) is 0 Å². The van der Waals surface area contributed by atoms with Gasteiger partial charge in [0.2, 0.25) is 0 Å². The highest BCUT2D eigenvalue weighted by atomic mass is 127. The van der Waals surface area contributed by atoms with Gasteiger partial charge in [-0.3, -0.25) is 4.99 Å². The molecule has 0 aliphatic heterocycles. The summed E-state index contributed by atoms with van der Waals surface area (Å²) in [4.78, 5) is 4.40. The van der Waals surface area contributed by atoms with Gasteiger partial charge in [0.25, 0.3) is 0 Å². The molecule has 0 aliphatic carbocycles. The molecule has 0 aromatic rings. The lowest BCUT2D eigenvalue weighted by Crippen LogP contribution is -2.39. The topological polar surface area (TPSA) is 45.6 Å². The Bertz CT molecular complexity index is 177. The molecule has 0 fully saturated rings. The molecule has 0 rings (SSSR count). The van der Waals surface area contributed by atoms with Gasteiger partial charge in [0.05, 0.1) is 6.61 Å². The zero-order valence-electron chi connectivity index (χ0n) is 11.4. The SMILES string of the molecule is CCCCOCCNC(=NCCC)NCC.I. The molecular formula is C12H28IN3O. The van der Waals surface area contributed by atoms with Gasteiger partial charge in [-0.25, -0.2) is 0 Å². The minimum absolute atomic E-state index is 0. The number of aliphatic imine (C=N–C) groups is 1. The molecule has 0 bridgehead atoms. The molecule has 5 heteroatoms. The Hall–Kier alpha value is -0.0400. The van der Waals surface area contributed by atoms with Crippen LogP contribution in [0.25, 0.3) is 0 Å². The standard InChI is InChI=1S/C12H27N3O.HI/c1-4-7-10-16-11-9-15-12(13-6-3)14-8-5-2;/h4-11H2,1-3H3,(H2,13,14,15);1H. The van der Waals surface area contributed by atoms with Crippen LogP contribution in [0.4, 0.5) is 0 Å². The summed E-state index contributed by atoms with van der Waals surface area (Å²) in [5.74, 6) is 0.892. The van der Waals surface area contributed by atoms with E-state index in [9.17, 15) is 0 Å². The molecule has 0 amide bonds. The van der Waals surface area contributed by atoms with Crippen molar-refractivity contribution >= 4 is 29.9 Å². The molecular weight excluding hydrogens is 329 g/mol. The molecule has 0 aromatic heterocycles. The molecule has 0 spiro atoms. The first-order valence-electron chi connectivity index (χ1n) is 6.45. The first kappa shape index (κ1) is 19.3. The maximum absolute atomic E-state index is 5.46. The van der Waals surface area contributed by atoms with Crippen molar-refractivity contribution in [3.63, 3.8) is 0 Å². The van der Waals surface area contributed by atoms with Gasteiger partial charge in [-0.2, -0.15) is 0 Å². The second-order valence-electron chi connectivity index (χ2n) is 3.65. The average molecular weight is 357 g/mol. The van der Waals surface area contributed by atoms with Crippen LogP contribution in [0.3, 0.4) is 0 Å². The van der Waals surface area contributed by atoms with E-state index in [0.29, 0.717) is 0 Å². The van der Waals surface area contributed by atoms with E-state index >= 15 is 0 Å². The van der Waals surface area contributed by atoms with Gasteiger partial charge in [0.15, 0.2) is 5.96 Å². The first-order valence-corrected chi connectivity index (χ1v) is 6.45. The predicted octanol–water partition coefficient (Wildman–Crippen LogP) is 2.39. The Balaban J connectivity index is 0. The van der Waals surface area contributed by atoms with E-state index in [1.165, 1.54) is 6.42 Å². The third kappa shape index (κ3) is 13.9. The summed E-state index contributed by atoms with van der Waals surface area (Å²) >= 11 is 0. The average Bonchev–Trinajstić information content (AvgIpc) is 2.30. The second kappa shape index (κ2) is 16.0. The molecule has 0 aliphatic rings. The Morgan fingerprint density at radius 1 is 1.06 bits per heavy atom. The van der Waals surface area contributed by atoms with Crippen molar-refractivity contribution in [1.29, 1.82) is 0 Å². The molecule has 4 nitrogen and oxygen atoms in total. The molecule has 2 N–H and O–H groups in total. The Labute approximate surface area is 123 Å². The molecule has 0 saturated carbocycles. The number of nitrogens with zero attached hydrogens (tertiary/aromatic N) is 1. The molecule has 0 unspecified atom stereocenters. The minimum Gasteiger partial charge on any atom is -0.380 e. The lowest BCUT2D eigenvalue weighted by atomic mass is 10.4. The Morgan fingerprint density at radius 3 is 2.41 bits per heavy atom. The van der Waals surface area contributed by atoms with Crippen molar-refractivity contribution in [1.82, 2.24) is 10.6 Å². The lowest BCUT2D eigenvalue weighted by molar-refractivity contribution is 0.136. The molecule has 0 saturated heterocycles. The predicted molar refractivity (Wildman–Crippen MR) is 85.4 cm³/mol. The smallest absolute Gasteiger partial charge is 0.191 e. The zero-order chi connectivity index (χ0) is 12.1. The van der Waals surface area contributed by atoms with Gasteiger partial charge in [-0.05, 0) is 19.8 Å². The van der Waals surface area contributed by atoms with E-state index in [0.717, 1.165) is 51.6 Å². The van der Waals surface area contributed by atoms with Crippen molar-refractivity contribution in [3.8, 4) is 0 Å². The molecule has 0 aromatic carbocycles. The molecule has 0 heterocycles. The quantitative estimate of drug-likeness (QED) is 0.288. The summed E-state index contributed by atoms with van der Waals surface area (Å²) in [5.41, 5.74) is 0. The molecule has 0 atom stereocenters. The maximum atomic E-state index is 5.46. The van der Waals surface area contributed by atoms with Crippen LogP contribution in [-0.4, -0.2) is 38.8 Å². The number of rotatable bonds is 9. The molecule has 0 radical (unpaired) electrons. The summed E-state index contributed by atoms with van der Waals surface area (Å²) in [6.45, 7) is 10.6. The van der Waals surface area contributed by atoms with Crippen LogP contribution in [0.1, 0.15) is 40.0 Å². The van der Waals surface area contributed by atoms with Gasteiger partial charge >= 0.3 is 0 Å². The van der Waals surface area contributed by atoms with Crippen LogP contribution >= 0.6 is 24.0 Å². The van der Waals surface area contributed by atoms with E-state index in [-0.39, 0.29) is 24.0 Å². The number of nitrogens with one attached hydrogen (secondary N) is 2. The van der Waals surface area contributed by atoms with Gasteiger partial charge < -0.3 is 15.4 Å². The number of halogens is 1. The monoisotopic (exact) mass is 357 g/mol. The van der Waals surface area contributed by atoms with E-state index in [1.807, 2.05) is 0 Å². The number of unbranched alkanes of at least 4 members (excludes halogenated alkanes) is 1. The molecule has 17 heavy (non-hydrogen) atoms. The van der Waals surface area contributed by atoms with Crippen molar-refractivity contribution in [3.05, 3.63) is 0 Å². The van der Waals surface area contributed by atoms with Gasteiger partial charge in [0.1, 0.15) is 0 Å². The van der Waals surface area contributed by atoms with Crippen LogP contribution in [0.15, 0.2) is 4.99 Å². The Morgan fingerprint density at radius 2 is 1.82 bits per heavy atom. The summed E-state index contributed by atoms with van der Waals surface area (Å²) in [6.07, 6.45) is 3.40. The van der Waals surface area contributed by atoms with Crippen molar-refractivity contribution < 1.29 is 4.74 Å². The van der Waals surface area contributed by atoms with E-state index < -0.39 is 0 Å². The number of hydrogen-bond acceptors (Lipinski definition) is 2. The second-order valence-corrected chi connectivity index (χ2v) is 3.65. The van der Waals surface area contributed by atoms with E-state index in [1.54, 1.807) is 0 Å². The summed E-state index contributed by atoms with van der Waals surface area (Å²) in [6, 6.07) is 0. The highest BCUT2D eigenvalue weighted by molar-refractivity contribution is 14.0. The van der Waals surface area contributed by atoms with Crippen LogP contribution in [0, 0.1) is 0 Å². The van der Waals surface area contributed by atoms with Crippen molar-refractivity contribution in [2.45, 2.75) is 40.0 Å². The zero-order valence-corrected chi connectivity index (χ0v) is 13.8. The van der Waals surface area contributed by atoms with E-state index in [4.69, 9.17) is 4.74 Å². The van der Waals surface area contributed by atoms with Crippen LogP contribution < -0.4 is 10.6 Å². The highest BCUT2D eigenvalue weighted by Crippen LogP contribution is 1.86. The summed E-state index contributed by atoms with van der Waals surface area (Å²) in [7, 11) is 0. The third-order valence-electron chi connectivity index (χ3n) is 2.02. The number of guanidine groups is 1. The fraction of sp³-hybridized carbons (Fsp3) is 0.917. The normalized spacial score (nSPS) is 10.9. The first-order chi connectivity index (χ1) is 7.85. The largest absolute Gasteiger partial charge is 0.380 e. The van der Waals surface area contributed by atoms with Gasteiger partial charge in [-0.15, -0.1) is 24.0 Å². The van der Waals surface area contributed by atoms with Crippen LogP contribution in [-0.2, 0) is 4.74 Å². The van der Waals surface area contributed by atoms with Gasteiger partial charge in [-0.1, -0.05) is 20.3 Å². The van der Waals surface area contributed by atoms with Gasteiger partial charge in [0, 0.05) is 26.2 Å². The summed E-state index contributed by atoms with van der Waals surface area (Å²) < 4.78 is 5.46. The fourth-order valence-electron chi connectivity index (χ4n) is 1.16. The summed E-state index contributed by atoms with van der Waals surface area (Å²) in [5, 5.41) is 6.45. The van der Waals surface area contributed by atoms with Crippen LogP contribution in [0.5, 0.6) is 0 Å². The Kier molecular flexibility index (Phi) is 18.1. The number of hydrogen-bond donors (Lipinski definition) is 2. The fourth-order valence-corrected chi connectivity index (χ4v) is 1.16. The van der Waals surface area contributed by atoms with Crippen molar-refractivity contribution in [2.75, 3.05) is 32.8 Å². The maximum Gasteiger partial charge on any atom is 0.191 e. The number of ether oxygens (including phenoxy) is 1. The highest BCUT2D eigenvalue weighted by Gasteiger charge is 1.95. The minimum atomic E-state index is 0. The molecule has 104 valence electrons. The van der Waals surface area contributed by atoms with E-state index in [2.05, 4.69) is 36.4 Å².